The van der Waals surface area contributed by atoms with Gasteiger partial charge in [0, 0.05) is 31.2 Å². The van der Waals surface area contributed by atoms with Crippen molar-refractivity contribution in [1.29, 1.82) is 0 Å². The summed E-state index contributed by atoms with van der Waals surface area (Å²) in [7, 11) is 1.57. The zero-order valence-electron chi connectivity index (χ0n) is 14.5. The SMILES string of the molecule is COCc1noc(CCNC(=O)c2cc(C)nc3c(C)cccc23)n1. The number of amides is 1. The lowest BCUT2D eigenvalue weighted by Crippen LogP contribution is -2.26. The van der Waals surface area contributed by atoms with Crippen LogP contribution in [0.3, 0.4) is 0 Å². The number of hydrogen-bond donors (Lipinski definition) is 1. The molecule has 3 aromatic rings. The van der Waals surface area contributed by atoms with Crippen LogP contribution in [0.2, 0.25) is 0 Å². The van der Waals surface area contributed by atoms with Crippen molar-refractivity contribution in [3.05, 3.63) is 52.8 Å². The molecule has 0 aliphatic carbocycles. The van der Waals surface area contributed by atoms with E-state index >= 15 is 0 Å². The number of nitrogens with zero attached hydrogens (tertiary/aromatic N) is 3. The van der Waals surface area contributed by atoms with Gasteiger partial charge < -0.3 is 14.6 Å². The average Bonchev–Trinajstić information content (AvgIpc) is 3.03. The summed E-state index contributed by atoms with van der Waals surface area (Å²) in [5, 5.41) is 7.54. The van der Waals surface area contributed by atoms with E-state index in [4.69, 9.17) is 9.26 Å². The first kappa shape index (κ1) is 17.0. The first-order valence-corrected chi connectivity index (χ1v) is 8.04. The van der Waals surface area contributed by atoms with Crippen LogP contribution < -0.4 is 5.32 Å². The molecule has 1 N–H and O–H groups in total. The predicted molar refractivity (Wildman–Crippen MR) is 92.3 cm³/mol. The van der Waals surface area contributed by atoms with Gasteiger partial charge in [0.2, 0.25) is 5.89 Å². The minimum absolute atomic E-state index is 0.141. The first-order valence-electron chi connectivity index (χ1n) is 8.04. The van der Waals surface area contributed by atoms with E-state index in [1.807, 2.05) is 32.0 Å². The molecule has 0 bridgehead atoms. The Labute approximate surface area is 145 Å². The molecule has 0 spiro atoms. The summed E-state index contributed by atoms with van der Waals surface area (Å²) in [5.41, 5.74) is 3.34. The number of fused-ring (bicyclic) bond motifs is 1. The zero-order valence-corrected chi connectivity index (χ0v) is 14.5. The lowest BCUT2D eigenvalue weighted by molar-refractivity contribution is 0.0955. The first-order chi connectivity index (χ1) is 12.1. The number of aryl methyl sites for hydroxylation is 2. The largest absolute Gasteiger partial charge is 0.377 e. The minimum atomic E-state index is -0.141. The number of rotatable bonds is 6. The molecule has 2 aromatic heterocycles. The van der Waals surface area contributed by atoms with E-state index in [1.54, 1.807) is 13.2 Å². The van der Waals surface area contributed by atoms with E-state index in [2.05, 4.69) is 20.4 Å². The Morgan fingerprint density at radius 3 is 2.92 bits per heavy atom. The van der Waals surface area contributed by atoms with Crippen LogP contribution >= 0.6 is 0 Å². The fraction of sp³-hybridized carbons (Fsp3) is 0.333. The van der Waals surface area contributed by atoms with Crippen LogP contribution in [0.1, 0.15) is 33.3 Å². The van der Waals surface area contributed by atoms with Crippen molar-refractivity contribution >= 4 is 16.8 Å². The third kappa shape index (κ3) is 3.83. The van der Waals surface area contributed by atoms with Crippen LogP contribution in [0.15, 0.2) is 28.8 Å². The number of carbonyl (C=O) groups is 1. The Balaban J connectivity index is 1.71. The normalized spacial score (nSPS) is 11.0. The highest BCUT2D eigenvalue weighted by atomic mass is 16.5. The number of pyridine rings is 1. The Bertz CT molecular complexity index is 904. The van der Waals surface area contributed by atoms with Crippen molar-refractivity contribution < 1.29 is 14.1 Å². The Morgan fingerprint density at radius 1 is 1.28 bits per heavy atom. The lowest BCUT2D eigenvalue weighted by atomic mass is 10.0. The number of aromatic nitrogens is 3. The highest BCUT2D eigenvalue weighted by Gasteiger charge is 2.13. The van der Waals surface area contributed by atoms with Gasteiger partial charge in [0.15, 0.2) is 5.82 Å². The van der Waals surface area contributed by atoms with Crippen LogP contribution in [0.25, 0.3) is 10.9 Å². The number of ether oxygens (including phenoxy) is 1. The second-order valence-electron chi connectivity index (χ2n) is 5.83. The fourth-order valence-corrected chi connectivity index (χ4v) is 2.67. The molecule has 0 fully saturated rings. The van der Waals surface area contributed by atoms with Crippen molar-refractivity contribution in [2.75, 3.05) is 13.7 Å². The zero-order chi connectivity index (χ0) is 17.8. The van der Waals surface area contributed by atoms with E-state index in [0.717, 1.165) is 22.2 Å². The van der Waals surface area contributed by atoms with Gasteiger partial charge in [-0.15, -0.1) is 0 Å². The van der Waals surface area contributed by atoms with Crippen LogP contribution in [-0.4, -0.2) is 34.7 Å². The summed E-state index contributed by atoms with van der Waals surface area (Å²) in [6, 6.07) is 7.64. The van der Waals surface area contributed by atoms with Gasteiger partial charge in [0.25, 0.3) is 5.91 Å². The smallest absolute Gasteiger partial charge is 0.252 e. The quantitative estimate of drug-likeness (QED) is 0.741. The molecule has 3 rings (SSSR count). The fourth-order valence-electron chi connectivity index (χ4n) is 2.67. The molecule has 2 heterocycles. The predicted octanol–water partition coefficient (Wildman–Crippen LogP) is 2.35. The summed E-state index contributed by atoms with van der Waals surface area (Å²) >= 11 is 0. The molecule has 7 nitrogen and oxygen atoms in total. The molecule has 0 aliphatic rings. The molecular formula is C18H20N4O3. The Kier molecular flexibility index (Phi) is 5.04. The number of benzene rings is 1. The summed E-state index contributed by atoms with van der Waals surface area (Å²) < 4.78 is 10.1. The van der Waals surface area contributed by atoms with E-state index in [9.17, 15) is 4.79 Å². The average molecular weight is 340 g/mol. The maximum Gasteiger partial charge on any atom is 0.252 e. The van der Waals surface area contributed by atoms with Crippen molar-refractivity contribution in [1.82, 2.24) is 20.4 Å². The maximum absolute atomic E-state index is 12.6. The molecule has 0 saturated heterocycles. The van der Waals surface area contributed by atoms with E-state index < -0.39 is 0 Å². The summed E-state index contributed by atoms with van der Waals surface area (Å²) in [4.78, 5) is 21.3. The number of carbonyl (C=O) groups excluding carboxylic acids is 1. The van der Waals surface area contributed by atoms with Gasteiger partial charge in [-0.2, -0.15) is 4.98 Å². The van der Waals surface area contributed by atoms with Crippen molar-refractivity contribution in [3.63, 3.8) is 0 Å². The van der Waals surface area contributed by atoms with Gasteiger partial charge in [0.1, 0.15) is 6.61 Å². The van der Waals surface area contributed by atoms with Crippen LogP contribution in [0, 0.1) is 13.8 Å². The highest BCUT2D eigenvalue weighted by molar-refractivity contribution is 6.06. The highest BCUT2D eigenvalue weighted by Crippen LogP contribution is 2.21. The van der Waals surface area contributed by atoms with Crippen LogP contribution in [0.5, 0.6) is 0 Å². The van der Waals surface area contributed by atoms with Gasteiger partial charge in [-0.05, 0) is 25.5 Å². The van der Waals surface area contributed by atoms with Gasteiger partial charge in [-0.3, -0.25) is 9.78 Å². The van der Waals surface area contributed by atoms with Gasteiger partial charge in [0.05, 0.1) is 11.1 Å². The van der Waals surface area contributed by atoms with E-state index in [1.165, 1.54) is 0 Å². The molecule has 1 aromatic carbocycles. The van der Waals surface area contributed by atoms with E-state index in [0.29, 0.717) is 36.9 Å². The number of para-hydroxylation sites is 1. The molecular weight excluding hydrogens is 320 g/mol. The molecule has 1 amide bonds. The van der Waals surface area contributed by atoms with E-state index in [-0.39, 0.29) is 5.91 Å². The second-order valence-corrected chi connectivity index (χ2v) is 5.83. The summed E-state index contributed by atoms with van der Waals surface area (Å²) in [5.74, 6) is 0.826. The summed E-state index contributed by atoms with van der Waals surface area (Å²) in [6.07, 6.45) is 0.462. The van der Waals surface area contributed by atoms with Crippen molar-refractivity contribution in [2.24, 2.45) is 0 Å². The molecule has 0 radical (unpaired) electrons. The molecule has 0 aliphatic heterocycles. The van der Waals surface area contributed by atoms with Crippen LogP contribution in [0.4, 0.5) is 0 Å². The molecule has 7 heteroatoms. The number of hydrogen-bond acceptors (Lipinski definition) is 6. The molecule has 130 valence electrons. The second kappa shape index (κ2) is 7.40. The minimum Gasteiger partial charge on any atom is -0.377 e. The van der Waals surface area contributed by atoms with Crippen molar-refractivity contribution in [2.45, 2.75) is 26.9 Å². The lowest BCUT2D eigenvalue weighted by Gasteiger charge is -2.09. The van der Waals surface area contributed by atoms with Crippen molar-refractivity contribution in [3.8, 4) is 0 Å². The molecule has 25 heavy (non-hydrogen) atoms. The van der Waals surface area contributed by atoms with Crippen LogP contribution in [-0.2, 0) is 17.8 Å². The Hall–Kier alpha value is -2.80. The Morgan fingerprint density at radius 2 is 2.12 bits per heavy atom. The van der Waals surface area contributed by atoms with Gasteiger partial charge >= 0.3 is 0 Å². The third-order valence-electron chi connectivity index (χ3n) is 3.82. The summed E-state index contributed by atoms with van der Waals surface area (Å²) in [6.45, 7) is 4.59. The third-order valence-corrected chi connectivity index (χ3v) is 3.82. The number of methoxy groups -OCH3 is 1. The molecule has 0 saturated carbocycles. The molecule has 0 atom stereocenters. The molecule has 0 unspecified atom stereocenters. The topological polar surface area (TPSA) is 90.1 Å². The van der Waals surface area contributed by atoms with Gasteiger partial charge in [-0.25, -0.2) is 0 Å². The van der Waals surface area contributed by atoms with Gasteiger partial charge in [-0.1, -0.05) is 23.4 Å². The monoisotopic (exact) mass is 340 g/mol. The maximum atomic E-state index is 12.6. The standard InChI is InChI=1S/C18H20N4O3/c1-11-5-4-6-13-14(9-12(2)20-17(11)13)18(23)19-8-7-16-21-15(10-24-3)22-25-16/h4-6,9H,7-8,10H2,1-3H3,(H,19,23). The number of nitrogens with one attached hydrogen (secondary N) is 1.